The SMILES string of the molecule is CNC(=O)C1CCCN(c2cc(Br)nc(C3CC3)n2)C1. The predicted molar refractivity (Wildman–Crippen MR) is 80.7 cm³/mol. The summed E-state index contributed by atoms with van der Waals surface area (Å²) in [6.45, 7) is 1.70. The van der Waals surface area contributed by atoms with Crippen molar-refractivity contribution < 1.29 is 4.79 Å². The molecule has 0 radical (unpaired) electrons. The van der Waals surface area contributed by atoms with Crippen LogP contribution >= 0.6 is 15.9 Å². The minimum absolute atomic E-state index is 0.0619. The van der Waals surface area contributed by atoms with Gasteiger partial charge in [0.2, 0.25) is 5.91 Å². The molecule has 2 fully saturated rings. The zero-order valence-corrected chi connectivity index (χ0v) is 13.2. The largest absolute Gasteiger partial charge is 0.359 e. The molecule has 2 heterocycles. The maximum atomic E-state index is 11.8. The molecule has 0 aromatic carbocycles. The van der Waals surface area contributed by atoms with Crippen LogP contribution in [-0.4, -0.2) is 36.0 Å². The molecule has 6 heteroatoms. The topological polar surface area (TPSA) is 58.1 Å². The zero-order valence-electron chi connectivity index (χ0n) is 11.6. The fourth-order valence-electron chi connectivity index (χ4n) is 2.71. The Balaban J connectivity index is 1.79. The Hall–Kier alpha value is -1.17. The van der Waals surface area contributed by atoms with Crippen LogP contribution in [0, 0.1) is 5.92 Å². The van der Waals surface area contributed by atoms with Crippen LogP contribution in [0.2, 0.25) is 0 Å². The maximum Gasteiger partial charge on any atom is 0.224 e. The third kappa shape index (κ3) is 2.95. The van der Waals surface area contributed by atoms with Crippen LogP contribution < -0.4 is 10.2 Å². The molecule has 2 aliphatic rings. The molecule has 5 nitrogen and oxygen atoms in total. The number of nitrogens with one attached hydrogen (secondary N) is 1. The molecule has 108 valence electrons. The van der Waals surface area contributed by atoms with Gasteiger partial charge >= 0.3 is 0 Å². The molecular formula is C14H19BrN4O. The molecule has 3 rings (SSSR count). The lowest BCUT2D eigenvalue weighted by Crippen LogP contribution is -2.42. The van der Waals surface area contributed by atoms with Crippen LogP contribution in [0.1, 0.15) is 37.4 Å². The van der Waals surface area contributed by atoms with Gasteiger partial charge in [0.1, 0.15) is 16.2 Å². The van der Waals surface area contributed by atoms with Gasteiger partial charge in [-0.25, -0.2) is 9.97 Å². The lowest BCUT2D eigenvalue weighted by atomic mass is 9.97. The first kappa shape index (κ1) is 13.8. The molecule has 1 aromatic heterocycles. The van der Waals surface area contributed by atoms with Gasteiger partial charge in [-0.2, -0.15) is 0 Å². The van der Waals surface area contributed by atoms with E-state index in [9.17, 15) is 4.79 Å². The molecule has 1 N–H and O–H groups in total. The third-order valence-corrected chi connectivity index (χ3v) is 4.41. The summed E-state index contributed by atoms with van der Waals surface area (Å²) in [5.41, 5.74) is 0. The molecule has 0 bridgehead atoms. The van der Waals surface area contributed by atoms with Gasteiger partial charge in [0.05, 0.1) is 5.92 Å². The number of rotatable bonds is 3. The summed E-state index contributed by atoms with van der Waals surface area (Å²) in [6.07, 6.45) is 4.36. The lowest BCUT2D eigenvalue weighted by molar-refractivity contribution is -0.124. The quantitative estimate of drug-likeness (QED) is 0.857. The summed E-state index contributed by atoms with van der Waals surface area (Å²) in [5, 5.41) is 2.75. The highest BCUT2D eigenvalue weighted by Gasteiger charge is 2.29. The van der Waals surface area contributed by atoms with Crippen LogP contribution in [0.3, 0.4) is 0 Å². The Labute approximate surface area is 127 Å². The molecular weight excluding hydrogens is 320 g/mol. The van der Waals surface area contributed by atoms with Gasteiger partial charge in [0, 0.05) is 32.1 Å². The van der Waals surface area contributed by atoms with Crippen molar-refractivity contribution in [1.82, 2.24) is 15.3 Å². The van der Waals surface area contributed by atoms with Gasteiger partial charge < -0.3 is 10.2 Å². The monoisotopic (exact) mass is 338 g/mol. The first-order valence-corrected chi connectivity index (χ1v) is 7.97. The Bertz CT molecular complexity index is 518. The van der Waals surface area contributed by atoms with Crippen molar-refractivity contribution in [3.05, 3.63) is 16.5 Å². The van der Waals surface area contributed by atoms with E-state index in [0.717, 1.165) is 42.2 Å². The zero-order chi connectivity index (χ0) is 14.1. The number of nitrogens with zero attached hydrogens (tertiary/aromatic N) is 3. The van der Waals surface area contributed by atoms with E-state index in [1.807, 2.05) is 6.07 Å². The second-order valence-electron chi connectivity index (χ2n) is 5.58. The van der Waals surface area contributed by atoms with Crippen molar-refractivity contribution in [3.63, 3.8) is 0 Å². The van der Waals surface area contributed by atoms with E-state index < -0.39 is 0 Å². The van der Waals surface area contributed by atoms with Crippen LogP contribution in [0.15, 0.2) is 10.7 Å². The molecule has 1 atom stereocenters. The van der Waals surface area contributed by atoms with Gasteiger partial charge in [-0.3, -0.25) is 4.79 Å². The Morgan fingerprint density at radius 1 is 1.40 bits per heavy atom. The molecule has 0 spiro atoms. The Kier molecular flexibility index (Phi) is 3.92. The van der Waals surface area contributed by atoms with Crippen molar-refractivity contribution in [2.75, 3.05) is 25.0 Å². The minimum atomic E-state index is 0.0619. The number of anilines is 1. The number of hydrogen-bond acceptors (Lipinski definition) is 4. The molecule has 1 aliphatic heterocycles. The van der Waals surface area contributed by atoms with Crippen LogP contribution in [0.5, 0.6) is 0 Å². The number of carbonyl (C=O) groups excluding carboxylic acids is 1. The van der Waals surface area contributed by atoms with Gasteiger partial charge in [0.15, 0.2) is 0 Å². The van der Waals surface area contributed by atoms with Crippen molar-refractivity contribution in [3.8, 4) is 0 Å². The van der Waals surface area contributed by atoms with Gasteiger partial charge in [-0.15, -0.1) is 0 Å². The summed E-state index contributed by atoms with van der Waals surface area (Å²) in [7, 11) is 1.70. The second-order valence-corrected chi connectivity index (χ2v) is 6.39. The summed E-state index contributed by atoms with van der Waals surface area (Å²) in [6, 6.07) is 1.96. The van der Waals surface area contributed by atoms with Crippen molar-refractivity contribution in [1.29, 1.82) is 0 Å². The molecule has 1 unspecified atom stereocenters. The summed E-state index contributed by atoms with van der Waals surface area (Å²) in [5.74, 6) is 2.61. The van der Waals surface area contributed by atoms with E-state index in [-0.39, 0.29) is 11.8 Å². The van der Waals surface area contributed by atoms with E-state index in [2.05, 4.69) is 31.1 Å². The highest BCUT2D eigenvalue weighted by molar-refractivity contribution is 9.10. The van der Waals surface area contributed by atoms with Crippen molar-refractivity contribution >= 4 is 27.7 Å². The van der Waals surface area contributed by atoms with E-state index >= 15 is 0 Å². The number of halogens is 1. The summed E-state index contributed by atoms with van der Waals surface area (Å²) >= 11 is 3.48. The van der Waals surface area contributed by atoms with E-state index in [0.29, 0.717) is 5.92 Å². The van der Waals surface area contributed by atoms with Gasteiger partial charge in [-0.1, -0.05) is 0 Å². The highest BCUT2D eigenvalue weighted by atomic mass is 79.9. The van der Waals surface area contributed by atoms with Gasteiger partial charge in [0.25, 0.3) is 0 Å². The van der Waals surface area contributed by atoms with Crippen molar-refractivity contribution in [2.24, 2.45) is 5.92 Å². The lowest BCUT2D eigenvalue weighted by Gasteiger charge is -2.32. The van der Waals surface area contributed by atoms with E-state index in [1.54, 1.807) is 7.05 Å². The summed E-state index contributed by atoms with van der Waals surface area (Å²) < 4.78 is 0.839. The number of hydrogen-bond donors (Lipinski definition) is 1. The second kappa shape index (κ2) is 5.68. The number of amides is 1. The smallest absolute Gasteiger partial charge is 0.224 e. The number of aromatic nitrogens is 2. The Morgan fingerprint density at radius 2 is 2.20 bits per heavy atom. The number of piperidine rings is 1. The maximum absolute atomic E-state index is 11.8. The van der Waals surface area contributed by atoms with Gasteiger partial charge in [-0.05, 0) is 41.6 Å². The first-order valence-electron chi connectivity index (χ1n) is 7.18. The standard InChI is InChI=1S/C14H19BrN4O/c1-16-14(20)10-3-2-6-19(8-10)12-7-11(15)17-13(18-12)9-4-5-9/h7,9-10H,2-6,8H2,1H3,(H,16,20). The fourth-order valence-corrected chi connectivity index (χ4v) is 3.10. The molecule has 1 aliphatic carbocycles. The summed E-state index contributed by atoms with van der Waals surface area (Å²) in [4.78, 5) is 23.2. The Morgan fingerprint density at radius 3 is 2.90 bits per heavy atom. The minimum Gasteiger partial charge on any atom is -0.359 e. The van der Waals surface area contributed by atoms with Crippen molar-refractivity contribution in [2.45, 2.75) is 31.6 Å². The first-order chi connectivity index (χ1) is 9.67. The normalized spacial score (nSPS) is 22.7. The average molecular weight is 339 g/mol. The van der Waals surface area contributed by atoms with Crippen LogP contribution in [0.4, 0.5) is 5.82 Å². The average Bonchev–Trinajstić information content (AvgIpc) is 3.30. The molecule has 1 amide bonds. The van der Waals surface area contributed by atoms with E-state index in [4.69, 9.17) is 4.98 Å². The number of carbonyl (C=O) groups is 1. The highest BCUT2D eigenvalue weighted by Crippen LogP contribution is 2.39. The fraction of sp³-hybridized carbons (Fsp3) is 0.643. The van der Waals surface area contributed by atoms with Crippen LogP contribution in [0.25, 0.3) is 0 Å². The molecule has 1 aromatic rings. The molecule has 1 saturated carbocycles. The molecule has 1 saturated heterocycles. The third-order valence-electron chi connectivity index (χ3n) is 4.00. The molecule has 20 heavy (non-hydrogen) atoms. The van der Waals surface area contributed by atoms with E-state index in [1.165, 1.54) is 12.8 Å². The van der Waals surface area contributed by atoms with Crippen LogP contribution in [-0.2, 0) is 4.79 Å². The predicted octanol–water partition coefficient (Wildman–Crippen LogP) is 2.08.